The molecule has 4 atom stereocenters. The van der Waals surface area contributed by atoms with E-state index in [1.807, 2.05) is 0 Å². The molecule has 30 heavy (non-hydrogen) atoms. The van der Waals surface area contributed by atoms with Crippen LogP contribution in [0.2, 0.25) is 0 Å². The molecule has 0 bridgehead atoms. The first-order valence-corrected chi connectivity index (χ1v) is 11.3. The third-order valence-corrected chi connectivity index (χ3v) is 7.36. The highest BCUT2D eigenvalue weighted by atomic mass is 32.2. The molecule has 2 saturated heterocycles. The zero-order valence-corrected chi connectivity index (χ0v) is 18.4. The maximum atomic E-state index is 12.9. The summed E-state index contributed by atoms with van der Waals surface area (Å²) >= 11 is 0. The molecule has 3 rings (SSSR count). The van der Waals surface area contributed by atoms with Crippen molar-refractivity contribution in [1.29, 1.82) is 0 Å². The number of nitrogens with zero attached hydrogens (tertiary/aromatic N) is 1. The Labute approximate surface area is 176 Å². The number of benzene rings is 1. The lowest BCUT2D eigenvalue weighted by molar-refractivity contribution is -0.144. The molecule has 2 heterocycles. The van der Waals surface area contributed by atoms with Crippen LogP contribution in [0.15, 0.2) is 29.2 Å². The van der Waals surface area contributed by atoms with E-state index in [-0.39, 0.29) is 22.9 Å². The number of hydrogen-bond donors (Lipinski definition) is 1. The lowest BCUT2D eigenvalue weighted by atomic mass is 10.2. The van der Waals surface area contributed by atoms with Crippen molar-refractivity contribution in [2.75, 3.05) is 14.2 Å². The number of sulfonamides is 1. The second kappa shape index (κ2) is 10.3. The topological polar surface area (TPSA) is 102 Å². The van der Waals surface area contributed by atoms with Gasteiger partial charge in [-0.15, -0.1) is 0 Å². The number of carbonyl (C=O) groups excluding carboxylic acids is 2. The number of ether oxygens (including phenoxy) is 2. The minimum atomic E-state index is -3.84. The molecule has 1 N–H and O–H groups in total. The second-order valence-electron chi connectivity index (χ2n) is 7.48. The van der Waals surface area contributed by atoms with Crippen LogP contribution in [-0.4, -0.2) is 63.0 Å². The highest BCUT2D eigenvalue weighted by Crippen LogP contribution is 2.31. The van der Waals surface area contributed by atoms with E-state index in [4.69, 9.17) is 0 Å². The number of nitrogens with one attached hydrogen (secondary N) is 1. The summed E-state index contributed by atoms with van der Waals surface area (Å²) in [5.74, 6) is -1.22. The molecule has 2 fully saturated rings. The summed E-state index contributed by atoms with van der Waals surface area (Å²) in [4.78, 5) is 22.6. The van der Waals surface area contributed by atoms with Gasteiger partial charge in [0.2, 0.25) is 10.0 Å². The van der Waals surface area contributed by atoms with Gasteiger partial charge in [0.1, 0.15) is 17.9 Å². The van der Waals surface area contributed by atoms with Gasteiger partial charge in [-0.3, -0.25) is 9.59 Å². The Morgan fingerprint density at radius 1 is 1.00 bits per heavy atom. The number of esters is 2. The minimum absolute atomic E-state index is 0.0263. The molecule has 0 saturated carbocycles. The standard InChI is InChI=1S/C13H16FNO4S.C7H13NO2/c1-9-3-8-12(13(16)19-2)15(9)20(17,18)11-6-4-10(14)5-7-11;1-5-3-4-6(8-5)7(9)10-2/h4-7,9,12H,3,8H2,1-2H3;5-6,8H,3-4H2,1-2H3/t9-,12-;5-,6-/m00/s1. The Balaban J connectivity index is 0.000000269. The molecule has 0 amide bonds. The SMILES string of the molecule is COC(=O)[C@@H]1CC[C@H](C)N1.COC(=O)[C@@H]1CC[C@H](C)N1S(=O)(=O)c1ccc(F)cc1. The van der Waals surface area contributed by atoms with Crippen molar-refractivity contribution in [2.45, 2.75) is 68.6 Å². The fourth-order valence-corrected chi connectivity index (χ4v) is 5.54. The lowest BCUT2D eigenvalue weighted by Gasteiger charge is -2.25. The summed E-state index contributed by atoms with van der Waals surface area (Å²) in [6, 6.07) is 3.86. The van der Waals surface area contributed by atoms with Crippen LogP contribution in [0.5, 0.6) is 0 Å². The van der Waals surface area contributed by atoms with Gasteiger partial charge in [-0.2, -0.15) is 4.31 Å². The molecular formula is C20H29FN2O6S. The van der Waals surface area contributed by atoms with Gasteiger partial charge in [-0.25, -0.2) is 12.8 Å². The van der Waals surface area contributed by atoms with E-state index >= 15 is 0 Å². The zero-order chi connectivity index (χ0) is 22.5. The number of methoxy groups -OCH3 is 2. The zero-order valence-electron chi connectivity index (χ0n) is 17.6. The van der Waals surface area contributed by atoms with E-state index in [9.17, 15) is 22.4 Å². The molecule has 8 nitrogen and oxygen atoms in total. The number of rotatable bonds is 4. The van der Waals surface area contributed by atoms with Crippen molar-refractivity contribution in [3.8, 4) is 0 Å². The van der Waals surface area contributed by atoms with Crippen molar-refractivity contribution in [3.63, 3.8) is 0 Å². The molecular weight excluding hydrogens is 415 g/mol. The molecule has 10 heteroatoms. The van der Waals surface area contributed by atoms with Crippen LogP contribution in [-0.2, 0) is 29.1 Å². The first-order valence-electron chi connectivity index (χ1n) is 9.82. The maximum absolute atomic E-state index is 12.9. The Kier molecular flexibility index (Phi) is 8.34. The van der Waals surface area contributed by atoms with Gasteiger partial charge in [-0.1, -0.05) is 0 Å². The van der Waals surface area contributed by atoms with Gasteiger partial charge < -0.3 is 14.8 Å². The fraction of sp³-hybridized carbons (Fsp3) is 0.600. The molecule has 168 valence electrons. The van der Waals surface area contributed by atoms with Crippen molar-refractivity contribution >= 4 is 22.0 Å². The molecule has 2 aliphatic heterocycles. The predicted octanol–water partition coefficient (Wildman–Crippen LogP) is 1.84. The predicted molar refractivity (Wildman–Crippen MR) is 108 cm³/mol. The summed E-state index contributed by atoms with van der Waals surface area (Å²) in [5, 5.41) is 3.13. The highest BCUT2D eigenvalue weighted by molar-refractivity contribution is 7.89. The second-order valence-corrected chi connectivity index (χ2v) is 9.32. The number of halogens is 1. The summed E-state index contributed by atoms with van der Waals surface area (Å²) in [6.45, 7) is 3.81. The van der Waals surface area contributed by atoms with Crippen LogP contribution < -0.4 is 5.32 Å². The van der Waals surface area contributed by atoms with Crippen LogP contribution in [0, 0.1) is 5.82 Å². The van der Waals surface area contributed by atoms with Crippen molar-refractivity contribution < 1.29 is 31.9 Å². The third-order valence-electron chi connectivity index (χ3n) is 5.32. The Bertz CT molecular complexity index is 845. The van der Waals surface area contributed by atoms with Gasteiger partial charge >= 0.3 is 11.9 Å². The normalized spacial score (nSPS) is 26.6. The van der Waals surface area contributed by atoms with E-state index in [0.29, 0.717) is 18.9 Å². The first kappa shape index (κ1) is 24.2. The van der Waals surface area contributed by atoms with Gasteiger partial charge in [0.15, 0.2) is 0 Å². The smallest absolute Gasteiger partial charge is 0.324 e. The van der Waals surface area contributed by atoms with E-state index in [1.54, 1.807) is 6.92 Å². The third kappa shape index (κ3) is 5.55. The number of hydrogen-bond acceptors (Lipinski definition) is 7. The van der Waals surface area contributed by atoms with Gasteiger partial charge in [-0.05, 0) is 63.8 Å². The average molecular weight is 445 g/mol. The van der Waals surface area contributed by atoms with Crippen LogP contribution >= 0.6 is 0 Å². The first-order chi connectivity index (χ1) is 14.1. The summed E-state index contributed by atoms with van der Waals surface area (Å²) in [7, 11) is -1.19. The van der Waals surface area contributed by atoms with Gasteiger partial charge in [0.05, 0.1) is 19.1 Å². The van der Waals surface area contributed by atoms with E-state index in [2.05, 4.69) is 21.7 Å². The Morgan fingerprint density at radius 2 is 1.60 bits per heavy atom. The molecule has 1 aromatic carbocycles. The Morgan fingerprint density at radius 3 is 2.10 bits per heavy atom. The van der Waals surface area contributed by atoms with Crippen LogP contribution in [0.25, 0.3) is 0 Å². The van der Waals surface area contributed by atoms with Crippen LogP contribution in [0.1, 0.15) is 39.5 Å². The summed E-state index contributed by atoms with van der Waals surface area (Å²) < 4.78 is 48.5. The lowest BCUT2D eigenvalue weighted by Crippen LogP contribution is -2.44. The van der Waals surface area contributed by atoms with E-state index in [0.717, 1.165) is 29.3 Å². The summed E-state index contributed by atoms with van der Waals surface area (Å²) in [6.07, 6.45) is 2.99. The molecule has 0 aromatic heterocycles. The van der Waals surface area contributed by atoms with Crippen LogP contribution in [0.4, 0.5) is 4.39 Å². The minimum Gasteiger partial charge on any atom is -0.468 e. The van der Waals surface area contributed by atoms with E-state index < -0.39 is 27.9 Å². The van der Waals surface area contributed by atoms with Crippen molar-refractivity contribution in [1.82, 2.24) is 9.62 Å². The average Bonchev–Trinajstić information content (AvgIpc) is 3.33. The van der Waals surface area contributed by atoms with Crippen molar-refractivity contribution in [2.24, 2.45) is 0 Å². The fourth-order valence-electron chi connectivity index (χ4n) is 3.71. The maximum Gasteiger partial charge on any atom is 0.324 e. The molecule has 0 unspecified atom stereocenters. The van der Waals surface area contributed by atoms with Crippen molar-refractivity contribution in [3.05, 3.63) is 30.1 Å². The quantitative estimate of drug-likeness (QED) is 0.707. The summed E-state index contributed by atoms with van der Waals surface area (Å²) in [5.41, 5.74) is 0. The van der Waals surface area contributed by atoms with Crippen LogP contribution in [0.3, 0.4) is 0 Å². The highest BCUT2D eigenvalue weighted by Gasteiger charge is 2.44. The molecule has 0 spiro atoms. The van der Waals surface area contributed by atoms with Gasteiger partial charge in [0.25, 0.3) is 0 Å². The number of carbonyl (C=O) groups is 2. The molecule has 0 radical (unpaired) electrons. The molecule has 0 aliphatic carbocycles. The molecule has 1 aromatic rings. The molecule has 2 aliphatic rings. The monoisotopic (exact) mass is 444 g/mol. The Hall–Kier alpha value is -2.04. The van der Waals surface area contributed by atoms with E-state index in [1.165, 1.54) is 26.4 Å². The van der Waals surface area contributed by atoms with Gasteiger partial charge in [0, 0.05) is 12.1 Å². The largest absolute Gasteiger partial charge is 0.468 e.